The quantitative estimate of drug-likeness (QED) is 0.326. The summed E-state index contributed by atoms with van der Waals surface area (Å²) in [7, 11) is 0. The van der Waals surface area contributed by atoms with Crippen molar-refractivity contribution in [3.05, 3.63) is 70.0 Å². The van der Waals surface area contributed by atoms with Crippen LogP contribution in [0.25, 0.3) is 5.82 Å². The van der Waals surface area contributed by atoms with Gasteiger partial charge < -0.3 is 9.87 Å². The molecule has 3 aromatic rings. The van der Waals surface area contributed by atoms with Crippen LogP contribution in [0.4, 0.5) is 21.6 Å². The van der Waals surface area contributed by atoms with Crippen LogP contribution in [0.5, 0.6) is 0 Å². The number of nitro groups is 1. The molecule has 168 valence electrons. The van der Waals surface area contributed by atoms with Gasteiger partial charge in [-0.25, -0.2) is 14.1 Å². The Labute approximate surface area is 187 Å². The first-order chi connectivity index (χ1) is 15.1. The fraction of sp³-hybridized carbons (Fsp3) is 0.333. The van der Waals surface area contributed by atoms with Gasteiger partial charge in [-0.3, -0.25) is 10.1 Å². The van der Waals surface area contributed by atoms with E-state index in [2.05, 4.69) is 20.1 Å². The van der Waals surface area contributed by atoms with Gasteiger partial charge in [-0.1, -0.05) is 6.07 Å². The van der Waals surface area contributed by atoms with E-state index in [1.807, 2.05) is 20.8 Å². The summed E-state index contributed by atoms with van der Waals surface area (Å²) in [5, 5.41) is 18.6. The first-order valence-corrected chi connectivity index (χ1v) is 11.2. The molecular formula is C21H23FN6O3S. The molecule has 2 N–H and O–H groups in total. The SMILES string of the molecule is CC(C)(C)[S@+]([O-])N[C@@H]1c2ccc(Nc3nc(-n4cccn4)ccc3[N+](=O)[O-])cc2CC1F. The highest BCUT2D eigenvalue weighted by atomic mass is 32.2. The molecule has 2 heterocycles. The lowest BCUT2D eigenvalue weighted by molar-refractivity contribution is -0.384. The minimum Gasteiger partial charge on any atom is -0.598 e. The van der Waals surface area contributed by atoms with E-state index in [0.717, 1.165) is 11.1 Å². The van der Waals surface area contributed by atoms with Gasteiger partial charge in [-0.2, -0.15) is 5.10 Å². The number of anilines is 2. The second-order valence-electron chi connectivity index (χ2n) is 8.48. The van der Waals surface area contributed by atoms with Crippen LogP contribution >= 0.6 is 0 Å². The maximum Gasteiger partial charge on any atom is 0.311 e. The molecule has 1 aromatic carbocycles. The largest absolute Gasteiger partial charge is 0.598 e. The number of hydrogen-bond donors (Lipinski definition) is 2. The number of alkyl halides is 1. The van der Waals surface area contributed by atoms with E-state index in [-0.39, 0.29) is 17.9 Å². The topological polar surface area (TPSA) is 121 Å². The number of nitrogens with one attached hydrogen (secondary N) is 2. The Morgan fingerprint density at radius 1 is 1.28 bits per heavy atom. The highest BCUT2D eigenvalue weighted by Crippen LogP contribution is 2.37. The van der Waals surface area contributed by atoms with Gasteiger partial charge in [0.15, 0.2) is 5.82 Å². The standard InChI is InChI=1S/C21H23FN6O3S/c1-21(2,3)32(31)26-19-15-6-5-14(11-13(15)12-16(19)22)24-20-17(28(29)30)7-8-18(25-20)27-10-4-9-23-27/h4-11,16,19,26H,12H2,1-3H3,(H,24,25)/t16?,19-,32+/m1/s1. The molecule has 9 nitrogen and oxygen atoms in total. The van der Waals surface area contributed by atoms with E-state index in [0.29, 0.717) is 11.5 Å². The monoisotopic (exact) mass is 458 g/mol. The van der Waals surface area contributed by atoms with Crippen LogP contribution < -0.4 is 10.0 Å². The smallest absolute Gasteiger partial charge is 0.311 e. The average molecular weight is 459 g/mol. The number of aromatic nitrogens is 3. The lowest BCUT2D eigenvalue weighted by Crippen LogP contribution is -2.42. The van der Waals surface area contributed by atoms with Gasteiger partial charge in [0.1, 0.15) is 17.0 Å². The Morgan fingerprint density at radius 3 is 2.72 bits per heavy atom. The van der Waals surface area contributed by atoms with E-state index in [1.54, 1.807) is 36.7 Å². The van der Waals surface area contributed by atoms with Crippen LogP contribution in [-0.4, -0.2) is 35.2 Å². The van der Waals surface area contributed by atoms with Crippen LogP contribution in [0, 0.1) is 10.1 Å². The Kier molecular flexibility index (Phi) is 5.89. The molecular weight excluding hydrogens is 435 g/mol. The van der Waals surface area contributed by atoms with Gasteiger partial charge >= 0.3 is 5.69 Å². The van der Waals surface area contributed by atoms with Crippen LogP contribution in [0.1, 0.15) is 37.9 Å². The molecule has 0 saturated heterocycles. The summed E-state index contributed by atoms with van der Waals surface area (Å²) in [6.07, 6.45) is 2.21. The zero-order valence-electron chi connectivity index (χ0n) is 17.8. The molecule has 0 fully saturated rings. The molecule has 0 amide bonds. The number of fused-ring (bicyclic) bond motifs is 1. The van der Waals surface area contributed by atoms with Crippen molar-refractivity contribution in [2.45, 2.75) is 44.2 Å². The number of hydrogen-bond acceptors (Lipinski definition) is 7. The van der Waals surface area contributed by atoms with Crippen molar-refractivity contribution in [1.82, 2.24) is 19.5 Å². The second-order valence-corrected chi connectivity index (χ2v) is 10.5. The number of rotatable bonds is 6. The molecule has 0 radical (unpaired) electrons. The van der Waals surface area contributed by atoms with Gasteiger partial charge in [-0.05, 0) is 56.2 Å². The first-order valence-electron chi connectivity index (χ1n) is 10.0. The Bertz CT molecular complexity index is 1140. The summed E-state index contributed by atoms with van der Waals surface area (Å²) < 4.78 is 31.1. The summed E-state index contributed by atoms with van der Waals surface area (Å²) in [4.78, 5) is 15.3. The number of nitrogens with zero attached hydrogens (tertiary/aromatic N) is 4. The molecule has 11 heteroatoms. The van der Waals surface area contributed by atoms with E-state index >= 15 is 0 Å². The summed E-state index contributed by atoms with van der Waals surface area (Å²) >= 11 is -1.42. The van der Waals surface area contributed by atoms with Crippen molar-refractivity contribution in [2.24, 2.45) is 0 Å². The number of benzene rings is 1. The third-order valence-corrected chi connectivity index (χ3v) is 6.68. The normalized spacial score (nSPS) is 18.9. The van der Waals surface area contributed by atoms with Crippen LogP contribution in [0.15, 0.2) is 48.8 Å². The summed E-state index contributed by atoms with van der Waals surface area (Å²) in [5.41, 5.74) is 1.83. The van der Waals surface area contributed by atoms with E-state index in [9.17, 15) is 19.1 Å². The zero-order chi connectivity index (χ0) is 23.0. The lowest BCUT2D eigenvalue weighted by atomic mass is 10.1. The van der Waals surface area contributed by atoms with Crippen molar-refractivity contribution in [1.29, 1.82) is 0 Å². The lowest BCUT2D eigenvalue weighted by Gasteiger charge is -2.27. The molecule has 32 heavy (non-hydrogen) atoms. The molecule has 2 aromatic heterocycles. The molecule has 0 spiro atoms. The number of halogens is 1. The third-order valence-electron chi connectivity index (χ3n) is 5.10. The molecule has 0 bridgehead atoms. The predicted molar refractivity (Wildman–Crippen MR) is 120 cm³/mol. The molecule has 1 aliphatic carbocycles. The summed E-state index contributed by atoms with van der Waals surface area (Å²) in [6.45, 7) is 5.47. The van der Waals surface area contributed by atoms with Crippen molar-refractivity contribution in [3.63, 3.8) is 0 Å². The maximum absolute atomic E-state index is 14.7. The predicted octanol–water partition coefficient (Wildman–Crippen LogP) is 3.91. The molecule has 0 aliphatic heterocycles. The molecule has 0 saturated carbocycles. The maximum atomic E-state index is 14.7. The van der Waals surface area contributed by atoms with Crippen molar-refractivity contribution >= 4 is 28.6 Å². The molecule has 1 unspecified atom stereocenters. The minimum absolute atomic E-state index is 0.0567. The molecule has 3 atom stereocenters. The Balaban J connectivity index is 1.61. The highest BCUT2D eigenvalue weighted by molar-refractivity contribution is 7.90. The van der Waals surface area contributed by atoms with Crippen LogP contribution in [0.3, 0.4) is 0 Å². The second kappa shape index (κ2) is 8.49. The summed E-state index contributed by atoms with van der Waals surface area (Å²) in [5.74, 6) is 0.475. The van der Waals surface area contributed by atoms with E-state index < -0.39 is 33.2 Å². The van der Waals surface area contributed by atoms with Crippen molar-refractivity contribution < 1.29 is 13.9 Å². The van der Waals surface area contributed by atoms with Crippen LogP contribution in [0.2, 0.25) is 0 Å². The number of pyridine rings is 1. The van der Waals surface area contributed by atoms with Crippen molar-refractivity contribution in [2.75, 3.05) is 5.32 Å². The Morgan fingerprint density at radius 2 is 2.06 bits per heavy atom. The van der Waals surface area contributed by atoms with Gasteiger partial charge in [0.25, 0.3) is 0 Å². The van der Waals surface area contributed by atoms with Gasteiger partial charge in [0.05, 0.1) is 4.92 Å². The van der Waals surface area contributed by atoms with E-state index in [1.165, 1.54) is 16.8 Å². The Hall–Kier alpha value is -3.02. The van der Waals surface area contributed by atoms with Gasteiger partial charge in [-0.15, -0.1) is 4.72 Å². The minimum atomic E-state index is -1.42. The van der Waals surface area contributed by atoms with Gasteiger partial charge in [0, 0.05) is 41.9 Å². The first kappa shape index (κ1) is 22.2. The zero-order valence-corrected chi connectivity index (χ0v) is 18.6. The van der Waals surface area contributed by atoms with Crippen LogP contribution in [-0.2, 0) is 17.8 Å². The fourth-order valence-electron chi connectivity index (χ4n) is 3.47. The third kappa shape index (κ3) is 4.45. The average Bonchev–Trinajstić information content (AvgIpc) is 3.35. The summed E-state index contributed by atoms with van der Waals surface area (Å²) in [6, 6.07) is 9.12. The highest BCUT2D eigenvalue weighted by Gasteiger charge is 2.39. The van der Waals surface area contributed by atoms with Crippen molar-refractivity contribution in [3.8, 4) is 5.82 Å². The molecule has 1 aliphatic rings. The fourth-order valence-corrected chi connectivity index (χ4v) is 4.32. The van der Waals surface area contributed by atoms with Gasteiger partial charge in [0.2, 0.25) is 5.82 Å². The van der Waals surface area contributed by atoms with E-state index in [4.69, 9.17) is 0 Å². The molecule has 4 rings (SSSR count).